The number of aromatic carboxylic acids is 1. The number of benzene rings is 1. The van der Waals surface area contributed by atoms with Crippen molar-refractivity contribution in [2.45, 2.75) is 13.0 Å². The van der Waals surface area contributed by atoms with E-state index in [2.05, 4.69) is 15.6 Å². The van der Waals surface area contributed by atoms with Crippen LogP contribution in [-0.2, 0) is 11.3 Å². The number of carbonyl (C=O) groups is 2. The van der Waals surface area contributed by atoms with E-state index >= 15 is 0 Å². The van der Waals surface area contributed by atoms with Gasteiger partial charge in [-0.05, 0) is 18.2 Å². The Morgan fingerprint density at radius 3 is 2.89 bits per heavy atom. The summed E-state index contributed by atoms with van der Waals surface area (Å²) in [7, 11) is 1.56. The fourth-order valence-electron chi connectivity index (χ4n) is 1.60. The smallest absolute Gasteiger partial charge is 0.335 e. The number of amides is 1. The minimum absolute atomic E-state index is 0.104. The van der Waals surface area contributed by atoms with Crippen molar-refractivity contribution in [2.24, 2.45) is 0 Å². The molecule has 2 rings (SSSR count). The van der Waals surface area contributed by atoms with E-state index in [0.29, 0.717) is 17.6 Å². The van der Waals surface area contributed by atoms with Crippen molar-refractivity contribution in [3.05, 3.63) is 23.8 Å². The molecule has 0 aliphatic carbocycles. The van der Waals surface area contributed by atoms with E-state index in [4.69, 9.17) is 5.11 Å². The van der Waals surface area contributed by atoms with E-state index in [1.54, 1.807) is 13.1 Å². The number of aryl methyl sites for hydroxylation is 1. The van der Waals surface area contributed by atoms with Gasteiger partial charge in [0.05, 0.1) is 17.6 Å². The molecule has 18 heavy (non-hydrogen) atoms. The molecule has 1 aromatic heterocycles. The maximum Gasteiger partial charge on any atom is 0.335 e. The van der Waals surface area contributed by atoms with Crippen LogP contribution in [0.1, 0.15) is 16.8 Å². The van der Waals surface area contributed by atoms with Gasteiger partial charge >= 0.3 is 5.97 Å². The molecule has 2 N–H and O–H groups in total. The minimum atomic E-state index is -1.00. The number of aromatic nitrogens is 3. The molecule has 7 heteroatoms. The second kappa shape index (κ2) is 4.82. The molecular weight excluding hydrogens is 236 g/mol. The topological polar surface area (TPSA) is 97.1 Å². The van der Waals surface area contributed by atoms with E-state index in [1.165, 1.54) is 16.8 Å². The Labute approximate surface area is 102 Å². The number of hydrogen-bond donors (Lipinski definition) is 2. The lowest BCUT2D eigenvalue weighted by Gasteiger charge is -2.02. The molecule has 1 heterocycles. The van der Waals surface area contributed by atoms with Gasteiger partial charge in [-0.2, -0.15) is 0 Å². The molecule has 0 saturated heterocycles. The molecular formula is C11H12N4O3. The first-order valence-electron chi connectivity index (χ1n) is 5.39. The van der Waals surface area contributed by atoms with Crippen molar-refractivity contribution in [3.63, 3.8) is 0 Å². The fraction of sp³-hybridized carbons (Fsp3) is 0.273. The van der Waals surface area contributed by atoms with Crippen LogP contribution in [0.4, 0.5) is 0 Å². The molecule has 0 bridgehead atoms. The minimum Gasteiger partial charge on any atom is -0.478 e. The molecule has 0 spiro atoms. The zero-order valence-electron chi connectivity index (χ0n) is 9.75. The van der Waals surface area contributed by atoms with Gasteiger partial charge in [-0.15, -0.1) is 5.10 Å². The van der Waals surface area contributed by atoms with Crippen molar-refractivity contribution in [3.8, 4) is 0 Å². The monoisotopic (exact) mass is 248 g/mol. The van der Waals surface area contributed by atoms with Crippen molar-refractivity contribution < 1.29 is 14.7 Å². The summed E-state index contributed by atoms with van der Waals surface area (Å²) in [5.74, 6) is -1.11. The Kier molecular flexibility index (Phi) is 3.22. The van der Waals surface area contributed by atoms with Gasteiger partial charge in [0.1, 0.15) is 5.52 Å². The molecule has 0 fully saturated rings. The number of nitrogens with zero attached hydrogens (tertiary/aromatic N) is 3. The summed E-state index contributed by atoms with van der Waals surface area (Å²) in [5.41, 5.74) is 1.39. The normalized spacial score (nSPS) is 10.5. The first-order chi connectivity index (χ1) is 8.61. The third-order valence-corrected chi connectivity index (χ3v) is 2.59. The lowest BCUT2D eigenvalue weighted by Crippen LogP contribution is -2.19. The Balaban J connectivity index is 2.30. The van der Waals surface area contributed by atoms with Crippen LogP contribution in [0.15, 0.2) is 18.2 Å². The molecule has 0 unspecified atom stereocenters. The summed E-state index contributed by atoms with van der Waals surface area (Å²) in [6.07, 6.45) is 0.270. The van der Waals surface area contributed by atoms with Crippen molar-refractivity contribution in [2.75, 3.05) is 7.05 Å². The number of carboxylic acid groups (broad SMARTS) is 1. The van der Waals surface area contributed by atoms with Gasteiger partial charge in [0.25, 0.3) is 0 Å². The lowest BCUT2D eigenvalue weighted by atomic mass is 10.2. The van der Waals surface area contributed by atoms with E-state index in [-0.39, 0.29) is 17.9 Å². The third kappa shape index (κ3) is 2.29. The van der Waals surface area contributed by atoms with Gasteiger partial charge in [-0.25, -0.2) is 9.48 Å². The van der Waals surface area contributed by atoms with Gasteiger partial charge < -0.3 is 10.4 Å². The molecule has 0 radical (unpaired) electrons. The lowest BCUT2D eigenvalue weighted by molar-refractivity contribution is -0.120. The Hall–Kier alpha value is -2.44. The highest BCUT2D eigenvalue weighted by Gasteiger charge is 2.09. The van der Waals surface area contributed by atoms with Gasteiger partial charge in [0, 0.05) is 13.5 Å². The quantitative estimate of drug-likeness (QED) is 0.809. The maximum absolute atomic E-state index is 11.2. The standard InChI is InChI=1S/C11H12N4O3/c1-12-10(16)4-5-15-9-6-7(11(17)18)2-3-8(9)13-14-15/h2-3,6H,4-5H2,1H3,(H,12,16)(H,17,18). The SMILES string of the molecule is CNC(=O)CCn1nnc2ccc(C(=O)O)cc21. The van der Waals surface area contributed by atoms with Crippen LogP contribution in [-0.4, -0.2) is 39.0 Å². The first-order valence-corrected chi connectivity index (χ1v) is 5.39. The Morgan fingerprint density at radius 2 is 2.22 bits per heavy atom. The largest absolute Gasteiger partial charge is 0.478 e. The van der Waals surface area contributed by atoms with Crippen LogP contribution in [0.2, 0.25) is 0 Å². The van der Waals surface area contributed by atoms with Crippen molar-refractivity contribution in [1.29, 1.82) is 0 Å². The predicted octanol–water partition coefficient (Wildman–Crippen LogP) is 0.266. The van der Waals surface area contributed by atoms with Gasteiger partial charge in [-0.3, -0.25) is 4.79 Å². The number of nitrogens with one attached hydrogen (secondary N) is 1. The van der Waals surface area contributed by atoms with E-state index in [1.807, 2.05) is 0 Å². The average Bonchev–Trinajstić information content (AvgIpc) is 2.78. The molecule has 1 aromatic carbocycles. The van der Waals surface area contributed by atoms with E-state index < -0.39 is 5.97 Å². The second-order valence-corrected chi connectivity index (χ2v) is 3.74. The molecule has 0 atom stereocenters. The van der Waals surface area contributed by atoms with Gasteiger partial charge in [0.2, 0.25) is 5.91 Å². The molecule has 0 aliphatic rings. The third-order valence-electron chi connectivity index (χ3n) is 2.59. The Morgan fingerprint density at radius 1 is 1.44 bits per heavy atom. The summed E-state index contributed by atoms with van der Waals surface area (Å²) >= 11 is 0. The molecule has 0 aliphatic heterocycles. The summed E-state index contributed by atoms with van der Waals surface area (Å²) < 4.78 is 1.52. The second-order valence-electron chi connectivity index (χ2n) is 3.74. The maximum atomic E-state index is 11.2. The van der Waals surface area contributed by atoms with Crippen LogP contribution >= 0.6 is 0 Å². The van der Waals surface area contributed by atoms with Crippen molar-refractivity contribution in [1.82, 2.24) is 20.3 Å². The van der Waals surface area contributed by atoms with Crippen molar-refractivity contribution >= 4 is 22.9 Å². The van der Waals surface area contributed by atoms with E-state index in [0.717, 1.165) is 0 Å². The zero-order valence-corrected chi connectivity index (χ0v) is 9.75. The predicted molar refractivity (Wildman–Crippen MR) is 63.2 cm³/mol. The molecule has 7 nitrogen and oxygen atoms in total. The van der Waals surface area contributed by atoms with Gasteiger partial charge in [-0.1, -0.05) is 5.21 Å². The number of rotatable bonds is 4. The molecule has 0 saturated carbocycles. The van der Waals surface area contributed by atoms with Gasteiger partial charge in [0.15, 0.2) is 0 Å². The summed E-state index contributed by atoms with van der Waals surface area (Å²) in [4.78, 5) is 22.0. The highest BCUT2D eigenvalue weighted by molar-refractivity contribution is 5.92. The number of fused-ring (bicyclic) bond motifs is 1. The zero-order chi connectivity index (χ0) is 13.1. The highest BCUT2D eigenvalue weighted by Crippen LogP contribution is 2.14. The number of hydrogen-bond acceptors (Lipinski definition) is 4. The van der Waals surface area contributed by atoms with E-state index in [9.17, 15) is 9.59 Å². The molecule has 1 amide bonds. The number of carboxylic acids is 1. The fourth-order valence-corrected chi connectivity index (χ4v) is 1.60. The average molecular weight is 248 g/mol. The van der Waals surface area contributed by atoms with Crippen LogP contribution in [0.25, 0.3) is 11.0 Å². The van der Waals surface area contributed by atoms with Crippen LogP contribution in [0.3, 0.4) is 0 Å². The van der Waals surface area contributed by atoms with Crippen LogP contribution in [0.5, 0.6) is 0 Å². The Bertz CT molecular complexity index is 605. The first kappa shape index (κ1) is 12.0. The molecule has 94 valence electrons. The van der Waals surface area contributed by atoms with Crippen LogP contribution in [0, 0.1) is 0 Å². The summed E-state index contributed by atoms with van der Waals surface area (Å²) in [6.45, 7) is 0.360. The highest BCUT2D eigenvalue weighted by atomic mass is 16.4. The summed E-state index contributed by atoms with van der Waals surface area (Å²) in [6, 6.07) is 4.58. The summed E-state index contributed by atoms with van der Waals surface area (Å²) in [5, 5.41) is 19.2. The molecule has 2 aromatic rings. The van der Waals surface area contributed by atoms with Crippen LogP contribution < -0.4 is 5.32 Å². The number of carbonyl (C=O) groups excluding carboxylic acids is 1.